The van der Waals surface area contributed by atoms with Crippen LogP contribution in [0, 0.1) is 0 Å². The van der Waals surface area contributed by atoms with Crippen LogP contribution in [0.5, 0.6) is 5.75 Å². The topological polar surface area (TPSA) is 29.5 Å². The van der Waals surface area contributed by atoms with Crippen LogP contribution in [0.3, 0.4) is 0 Å². The van der Waals surface area contributed by atoms with Crippen LogP contribution in [-0.4, -0.2) is 30.3 Å². The molecule has 0 radical (unpaired) electrons. The second-order valence-electron chi connectivity index (χ2n) is 6.61. The number of piperidine rings is 1. The van der Waals surface area contributed by atoms with Crippen LogP contribution < -0.4 is 4.74 Å². The summed E-state index contributed by atoms with van der Waals surface area (Å²) in [4.78, 5) is 14.6. The molecule has 0 amide bonds. The summed E-state index contributed by atoms with van der Waals surface area (Å²) in [5, 5.41) is 0.719. The van der Waals surface area contributed by atoms with Crippen LogP contribution in [0.15, 0.2) is 54.1 Å². The van der Waals surface area contributed by atoms with E-state index in [-0.39, 0.29) is 5.78 Å². The Morgan fingerprint density at radius 2 is 2.00 bits per heavy atom. The van der Waals surface area contributed by atoms with E-state index in [1.54, 1.807) is 0 Å². The molecular weight excluding hydrogens is 346 g/mol. The molecule has 0 saturated carbocycles. The molecule has 0 unspecified atom stereocenters. The first kappa shape index (κ1) is 18.7. The predicted octanol–water partition coefficient (Wildman–Crippen LogP) is 4.99. The standard InChI is InChI=1S/C22H24ClNO2/c1-2-11-24-12-10-22(25)19(15-24)13-18-4-3-5-21(14-18)26-16-17-6-8-20(23)9-7-17/h3-9,13-14H,2,10-12,15-16H2,1H3/b19-13+. The highest BCUT2D eigenvalue weighted by atomic mass is 35.5. The van der Waals surface area contributed by atoms with Crippen molar-refractivity contribution in [2.45, 2.75) is 26.4 Å². The molecule has 0 N–H and O–H groups in total. The lowest BCUT2D eigenvalue weighted by atomic mass is 10.00. The molecule has 2 aromatic carbocycles. The minimum absolute atomic E-state index is 0.254. The zero-order valence-electron chi connectivity index (χ0n) is 15.1. The molecule has 1 aliphatic heterocycles. The average Bonchev–Trinajstić information content (AvgIpc) is 2.65. The van der Waals surface area contributed by atoms with E-state index in [4.69, 9.17) is 16.3 Å². The minimum Gasteiger partial charge on any atom is -0.489 e. The van der Waals surface area contributed by atoms with Gasteiger partial charge in [0, 0.05) is 30.1 Å². The Balaban J connectivity index is 1.68. The number of hydrogen-bond acceptors (Lipinski definition) is 3. The number of likely N-dealkylation sites (tertiary alicyclic amines) is 1. The maximum absolute atomic E-state index is 12.2. The first-order valence-corrected chi connectivity index (χ1v) is 9.45. The van der Waals surface area contributed by atoms with Gasteiger partial charge in [-0.05, 0) is 54.4 Å². The molecule has 0 aliphatic carbocycles. The Hall–Kier alpha value is -2.10. The molecule has 1 fully saturated rings. The van der Waals surface area contributed by atoms with Crippen molar-refractivity contribution in [2.75, 3.05) is 19.6 Å². The monoisotopic (exact) mass is 369 g/mol. The number of carbonyl (C=O) groups is 1. The lowest BCUT2D eigenvalue weighted by Gasteiger charge is -2.27. The minimum atomic E-state index is 0.254. The number of hydrogen-bond donors (Lipinski definition) is 0. The highest BCUT2D eigenvalue weighted by Crippen LogP contribution is 2.21. The maximum Gasteiger partial charge on any atom is 0.161 e. The number of rotatable bonds is 6. The third-order valence-corrected chi connectivity index (χ3v) is 4.72. The summed E-state index contributed by atoms with van der Waals surface area (Å²) >= 11 is 5.91. The van der Waals surface area contributed by atoms with Crippen LogP contribution in [0.2, 0.25) is 5.02 Å². The normalized spacial score (nSPS) is 16.8. The number of halogens is 1. The van der Waals surface area contributed by atoms with Gasteiger partial charge in [-0.2, -0.15) is 0 Å². The van der Waals surface area contributed by atoms with Crippen molar-refractivity contribution in [1.82, 2.24) is 4.90 Å². The molecule has 0 aromatic heterocycles. The van der Waals surface area contributed by atoms with E-state index in [1.807, 2.05) is 54.6 Å². The van der Waals surface area contributed by atoms with Crippen LogP contribution in [-0.2, 0) is 11.4 Å². The fourth-order valence-corrected chi connectivity index (χ4v) is 3.23. The highest BCUT2D eigenvalue weighted by Gasteiger charge is 2.20. The number of benzene rings is 2. The molecule has 4 heteroatoms. The first-order chi connectivity index (χ1) is 12.6. The summed E-state index contributed by atoms with van der Waals surface area (Å²) in [5.41, 5.74) is 2.95. The maximum atomic E-state index is 12.2. The molecule has 0 atom stereocenters. The molecule has 0 bridgehead atoms. The summed E-state index contributed by atoms with van der Waals surface area (Å²) in [6, 6.07) is 15.5. The fraction of sp³-hybridized carbons (Fsp3) is 0.318. The van der Waals surface area contributed by atoms with Gasteiger partial charge in [-0.15, -0.1) is 0 Å². The Kier molecular flexibility index (Phi) is 6.48. The van der Waals surface area contributed by atoms with Gasteiger partial charge in [0.05, 0.1) is 0 Å². The van der Waals surface area contributed by atoms with E-state index >= 15 is 0 Å². The van der Waals surface area contributed by atoms with Gasteiger partial charge in [0.2, 0.25) is 0 Å². The quantitative estimate of drug-likeness (QED) is 0.672. The summed E-state index contributed by atoms with van der Waals surface area (Å²) in [7, 11) is 0. The molecule has 1 aliphatic rings. The zero-order chi connectivity index (χ0) is 18.4. The van der Waals surface area contributed by atoms with Crippen molar-refractivity contribution < 1.29 is 9.53 Å². The van der Waals surface area contributed by atoms with Gasteiger partial charge in [0.15, 0.2) is 5.78 Å². The van der Waals surface area contributed by atoms with Crippen LogP contribution in [0.25, 0.3) is 6.08 Å². The SMILES string of the molecule is CCCN1CCC(=O)/C(=C/c2cccc(OCc3ccc(Cl)cc3)c2)C1. The first-order valence-electron chi connectivity index (χ1n) is 9.07. The lowest BCUT2D eigenvalue weighted by Crippen LogP contribution is -2.36. The molecule has 1 heterocycles. The molecule has 3 nitrogen and oxygen atoms in total. The number of nitrogens with zero attached hydrogens (tertiary/aromatic N) is 1. The number of ether oxygens (including phenoxy) is 1. The second-order valence-corrected chi connectivity index (χ2v) is 7.04. The highest BCUT2D eigenvalue weighted by molar-refractivity contribution is 6.30. The Bertz CT molecular complexity index is 783. The van der Waals surface area contributed by atoms with Crippen LogP contribution in [0.1, 0.15) is 30.9 Å². The Morgan fingerprint density at radius 3 is 2.77 bits per heavy atom. The third kappa shape index (κ3) is 5.20. The molecule has 0 spiro atoms. The molecule has 2 aromatic rings. The van der Waals surface area contributed by atoms with Crippen LogP contribution in [0.4, 0.5) is 0 Å². The molecule has 136 valence electrons. The fourth-order valence-electron chi connectivity index (χ4n) is 3.10. The van der Waals surface area contributed by atoms with Crippen molar-refractivity contribution in [3.63, 3.8) is 0 Å². The van der Waals surface area contributed by atoms with Crippen molar-refractivity contribution in [3.8, 4) is 5.75 Å². The smallest absolute Gasteiger partial charge is 0.161 e. The summed E-state index contributed by atoms with van der Waals surface area (Å²) in [6.45, 7) is 5.30. The summed E-state index contributed by atoms with van der Waals surface area (Å²) in [5.74, 6) is 1.05. The van der Waals surface area contributed by atoms with Crippen molar-refractivity contribution in [3.05, 3.63) is 70.3 Å². The van der Waals surface area contributed by atoms with Crippen LogP contribution >= 0.6 is 11.6 Å². The van der Waals surface area contributed by atoms with E-state index in [0.717, 1.165) is 53.5 Å². The third-order valence-electron chi connectivity index (χ3n) is 4.46. The summed E-state index contributed by atoms with van der Waals surface area (Å²) in [6.07, 6.45) is 3.72. The van der Waals surface area contributed by atoms with Gasteiger partial charge in [-0.25, -0.2) is 0 Å². The number of carbonyl (C=O) groups excluding carboxylic acids is 1. The Morgan fingerprint density at radius 1 is 1.19 bits per heavy atom. The Labute approximate surface area is 160 Å². The second kappa shape index (κ2) is 9.02. The van der Waals surface area contributed by atoms with Gasteiger partial charge in [-0.1, -0.05) is 42.8 Å². The van der Waals surface area contributed by atoms with E-state index in [9.17, 15) is 4.79 Å². The predicted molar refractivity (Wildman–Crippen MR) is 107 cm³/mol. The van der Waals surface area contributed by atoms with E-state index < -0.39 is 0 Å². The van der Waals surface area contributed by atoms with Crippen molar-refractivity contribution in [1.29, 1.82) is 0 Å². The number of Topliss-reactive ketones (excluding diaryl/α,β-unsaturated/α-hetero) is 1. The largest absolute Gasteiger partial charge is 0.489 e. The summed E-state index contributed by atoms with van der Waals surface area (Å²) < 4.78 is 5.88. The molecule has 1 saturated heterocycles. The molecule has 3 rings (SSSR count). The van der Waals surface area contributed by atoms with Gasteiger partial charge in [-0.3, -0.25) is 9.69 Å². The van der Waals surface area contributed by atoms with Gasteiger partial charge < -0.3 is 4.74 Å². The number of ketones is 1. The van der Waals surface area contributed by atoms with E-state index in [1.165, 1.54) is 0 Å². The van der Waals surface area contributed by atoms with Gasteiger partial charge >= 0.3 is 0 Å². The molecular formula is C22H24ClNO2. The average molecular weight is 370 g/mol. The molecule has 26 heavy (non-hydrogen) atoms. The van der Waals surface area contributed by atoms with E-state index in [2.05, 4.69) is 11.8 Å². The van der Waals surface area contributed by atoms with Gasteiger partial charge in [0.1, 0.15) is 12.4 Å². The lowest BCUT2D eigenvalue weighted by molar-refractivity contribution is -0.117. The zero-order valence-corrected chi connectivity index (χ0v) is 15.8. The van der Waals surface area contributed by atoms with Crippen molar-refractivity contribution in [2.24, 2.45) is 0 Å². The van der Waals surface area contributed by atoms with Gasteiger partial charge in [0.25, 0.3) is 0 Å². The van der Waals surface area contributed by atoms with E-state index in [0.29, 0.717) is 13.0 Å². The van der Waals surface area contributed by atoms with Crippen molar-refractivity contribution >= 4 is 23.5 Å².